The van der Waals surface area contributed by atoms with Crippen molar-refractivity contribution in [2.45, 2.75) is 25.8 Å². The van der Waals surface area contributed by atoms with Gasteiger partial charge in [0, 0.05) is 23.1 Å². The second kappa shape index (κ2) is 6.65. The predicted octanol–water partition coefficient (Wildman–Crippen LogP) is 3.32. The number of para-hydroxylation sites is 1. The van der Waals surface area contributed by atoms with Gasteiger partial charge in [-0.1, -0.05) is 30.4 Å². The van der Waals surface area contributed by atoms with Crippen molar-refractivity contribution in [1.29, 1.82) is 0 Å². The molecule has 4 nitrogen and oxygen atoms in total. The number of hydrogen-bond acceptors (Lipinski definition) is 2. The van der Waals surface area contributed by atoms with Gasteiger partial charge in [-0.05, 0) is 43.5 Å². The molecule has 1 aromatic carbocycles. The molecule has 1 amide bonds. The predicted molar refractivity (Wildman–Crippen MR) is 91.1 cm³/mol. The van der Waals surface area contributed by atoms with E-state index in [9.17, 15) is 9.59 Å². The second-order valence-electron chi connectivity index (χ2n) is 5.66. The summed E-state index contributed by atoms with van der Waals surface area (Å²) in [6.07, 6.45) is 8.93. The summed E-state index contributed by atoms with van der Waals surface area (Å²) in [4.78, 5) is 28.3. The van der Waals surface area contributed by atoms with Crippen LogP contribution in [0.2, 0.25) is 0 Å². The number of aromatic nitrogens is 1. The number of aldehydes is 1. The zero-order chi connectivity index (χ0) is 16.2. The van der Waals surface area contributed by atoms with Crippen LogP contribution in [0.1, 0.15) is 30.6 Å². The Balaban J connectivity index is 2.04. The molecule has 0 radical (unpaired) electrons. The summed E-state index contributed by atoms with van der Waals surface area (Å²) in [6, 6.07) is 8.16. The van der Waals surface area contributed by atoms with Gasteiger partial charge in [-0.2, -0.15) is 0 Å². The van der Waals surface area contributed by atoms with Crippen molar-refractivity contribution >= 4 is 23.1 Å². The average molecular weight is 308 g/mol. The third-order valence-electron chi connectivity index (χ3n) is 4.33. The van der Waals surface area contributed by atoms with Gasteiger partial charge in [-0.15, -0.1) is 0 Å². The van der Waals surface area contributed by atoms with Gasteiger partial charge in [0.1, 0.15) is 6.29 Å². The van der Waals surface area contributed by atoms with Crippen LogP contribution in [-0.4, -0.2) is 28.6 Å². The lowest BCUT2D eigenvalue weighted by Gasteiger charge is -2.34. The number of fused-ring (bicyclic) bond motifs is 3. The molecule has 0 saturated heterocycles. The van der Waals surface area contributed by atoms with Gasteiger partial charge in [-0.3, -0.25) is 9.59 Å². The molecule has 0 aliphatic carbocycles. The molecule has 1 aliphatic heterocycles. The summed E-state index contributed by atoms with van der Waals surface area (Å²) >= 11 is 0. The Kier molecular flexibility index (Phi) is 4.42. The van der Waals surface area contributed by atoms with Crippen molar-refractivity contribution in [3.63, 3.8) is 0 Å². The molecule has 3 rings (SSSR count). The third kappa shape index (κ3) is 2.84. The fourth-order valence-corrected chi connectivity index (χ4v) is 3.33. The number of benzene rings is 1. The summed E-state index contributed by atoms with van der Waals surface area (Å²) in [7, 11) is 0. The van der Waals surface area contributed by atoms with E-state index < -0.39 is 0 Å². The van der Waals surface area contributed by atoms with Crippen molar-refractivity contribution in [1.82, 2.24) is 9.88 Å². The van der Waals surface area contributed by atoms with Crippen LogP contribution >= 0.6 is 0 Å². The summed E-state index contributed by atoms with van der Waals surface area (Å²) in [5.74, 6) is 0.0151. The molecule has 1 aromatic heterocycles. The first-order valence-electron chi connectivity index (χ1n) is 7.89. The maximum absolute atomic E-state index is 12.4. The molecule has 4 heteroatoms. The molecule has 0 saturated carbocycles. The van der Waals surface area contributed by atoms with Gasteiger partial charge < -0.3 is 9.88 Å². The molecule has 1 atom stereocenters. The minimum absolute atomic E-state index is 0.0151. The number of H-pyrrole nitrogens is 1. The molecular weight excluding hydrogens is 288 g/mol. The van der Waals surface area contributed by atoms with Gasteiger partial charge in [0.2, 0.25) is 5.91 Å². The van der Waals surface area contributed by atoms with E-state index in [1.807, 2.05) is 30.0 Å². The monoisotopic (exact) mass is 308 g/mol. The normalized spacial score (nSPS) is 18.0. The van der Waals surface area contributed by atoms with Crippen LogP contribution in [-0.2, 0) is 16.0 Å². The summed E-state index contributed by atoms with van der Waals surface area (Å²) in [6.45, 7) is 2.54. The molecule has 0 spiro atoms. The third-order valence-corrected chi connectivity index (χ3v) is 4.33. The molecule has 1 aliphatic rings. The number of hydrogen-bond donors (Lipinski definition) is 1. The zero-order valence-corrected chi connectivity index (χ0v) is 13.2. The van der Waals surface area contributed by atoms with E-state index in [4.69, 9.17) is 0 Å². The van der Waals surface area contributed by atoms with Gasteiger partial charge in [0.15, 0.2) is 0 Å². The molecule has 1 unspecified atom stereocenters. The van der Waals surface area contributed by atoms with E-state index in [0.717, 1.165) is 23.9 Å². The number of nitrogens with one attached hydrogen (secondary N) is 1. The first-order valence-corrected chi connectivity index (χ1v) is 7.89. The Bertz CT molecular complexity index is 786. The fraction of sp³-hybridized carbons (Fsp3) is 0.263. The van der Waals surface area contributed by atoms with Crippen LogP contribution in [0.4, 0.5) is 0 Å². The van der Waals surface area contributed by atoms with E-state index in [0.29, 0.717) is 13.0 Å². The minimum Gasteiger partial charge on any atom is -0.356 e. The Labute approximate surface area is 135 Å². The van der Waals surface area contributed by atoms with Crippen LogP contribution in [0.3, 0.4) is 0 Å². The van der Waals surface area contributed by atoms with Crippen LogP contribution in [0.25, 0.3) is 10.9 Å². The lowest BCUT2D eigenvalue weighted by Crippen LogP contribution is -2.39. The first-order chi connectivity index (χ1) is 11.3. The van der Waals surface area contributed by atoms with Gasteiger partial charge in [0.25, 0.3) is 0 Å². The lowest BCUT2D eigenvalue weighted by molar-refractivity contribution is -0.128. The number of aromatic amines is 1. The topological polar surface area (TPSA) is 53.2 Å². The van der Waals surface area contributed by atoms with E-state index >= 15 is 0 Å². The van der Waals surface area contributed by atoms with Crippen molar-refractivity contribution < 1.29 is 9.59 Å². The fourth-order valence-electron chi connectivity index (χ4n) is 3.33. The molecule has 2 heterocycles. The molecule has 118 valence electrons. The van der Waals surface area contributed by atoms with Crippen LogP contribution in [0, 0.1) is 0 Å². The van der Waals surface area contributed by atoms with E-state index in [1.54, 1.807) is 12.2 Å². The summed E-state index contributed by atoms with van der Waals surface area (Å²) < 4.78 is 0. The summed E-state index contributed by atoms with van der Waals surface area (Å²) in [5, 5.41) is 1.23. The molecule has 2 aromatic rings. The van der Waals surface area contributed by atoms with Crippen molar-refractivity contribution in [2.75, 3.05) is 6.54 Å². The molecule has 0 fully saturated rings. The molecular formula is C19H20N2O2. The maximum atomic E-state index is 12.4. The molecule has 0 bridgehead atoms. The van der Waals surface area contributed by atoms with Gasteiger partial charge in [0.05, 0.1) is 6.04 Å². The average Bonchev–Trinajstić information content (AvgIpc) is 2.94. The Hall–Kier alpha value is -2.62. The second-order valence-corrected chi connectivity index (χ2v) is 5.66. The zero-order valence-electron chi connectivity index (χ0n) is 13.2. The first kappa shape index (κ1) is 15.3. The number of rotatable bonds is 4. The maximum Gasteiger partial charge on any atom is 0.246 e. The van der Waals surface area contributed by atoms with Gasteiger partial charge >= 0.3 is 0 Å². The highest BCUT2D eigenvalue weighted by atomic mass is 16.2. The van der Waals surface area contributed by atoms with Crippen LogP contribution < -0.4 is 0 Å². The van der Waals surface area contributed by atoms with Gasteiger partial charge in [-0.25, -0.2) is 0 Å². The number of allylic oxidation sites excluding steroid dienone is 2. The van der Waals surface area contributed by atoms with Crippen molar-refractivity contribution in [2.24, 2.45) is 0 Å². The number of carbonyl (C=O) groups excluding carboxylic acids is 2. The Morgan fingerprint density at radius 1 is 1.39 bits per heavy atom. The largest absolute Gasteiger partial charge is 0.356 e. The SMILES string of the molecule is C/C=C/C(=O)N1CCc2c([nH]c3ccccc23)C1C/C=C/C=O. The smallest absolute Gasteiger partial charge is 0.246 e. The van der Waals surface area contributed by atoms with Crippen LogP contribution in [0.5, 0.6) is 0 Å². The van der Waals surface area contributed by atoms with Crippen molar-refractivity contribution in [3.05, 3.63) is 59.8 Å². The highest BCUT2D eigenvalue weighted by Crippen LogP contribution is 2.36. The van der Waals surface area contributed by atoms with E-state index in [-0.39, 0.29) is 11.9 Å². The number of carbonyl (C=O) groups is 2. The summed E-state index contributed by atoms with van der Waals surface area (Å²) in [5.41, 5.74) is 3.47. The Morgan fingerprint density at radius 2 is 2.22 bits per heavy atom. The standard InChI is InChI=1S/C19H20N2O2/c1-2-7-18(23)21-12-11-15-14-8-3-4-9-16(14)20-19(15)17(21)10-5-6-13-22/h2-9,13,17,20H,10-12H2,1H3/b6-5+,7-2+. The van der Waals surface area contributed by atoms with Crippen LogP contribution in [0.15, 0.2) is 48.6 Å². The molecule has 23 heavy (non-hydrogen) atoms. The minimum atomic E-state index is -0.0638. The quantitative estimate of drug-likeness (QED) is 0.696. The Morgan fingerprint density at radius 3 is 3.00 bits per heavy atom. The highest BCUT2D eigenvalue weighted by molar-refractivity contribution is 5.90. The number of amides is 1. The van der Waals surface area contributed by atoms with E-state index in [1.165, 1.54) is 17.0 Å². The number of nitrogens with zero attached hydrogens (tertiary/aromatic N) is 1. The lowest BCUT2D eigenvalue weighted by atomic mass is 9.95. The van der Waals surface area contributed by atoms with Crippen molar-refractivity contribution in [3.8, 4) is 0 Å². The molecule has 1 N–H and O–H groups in total. The van der Waals surface area contributed by atoms with E-state index in [2.05, 4.69) is 17.1 Å². The highest BCUT2D eigenvalue weighted by Gasteiger charge is 2.31.